The number of nitrogens with zero attached hydrogens (tertiary/aromatic N) is 2. The van der Waals surface area contributed by atoms with Gasteiger partial charge in [0.15, 0.2) is 5.82 Å². The van der Waals surface area contributed by atoms with Gasteiger partial charge in [-0.15, -0.1) is 0 Å². The smallest absolute Gasteiger partial charge is 0.265 e. The molecule has 0 aliphatic carbocycles. The van der Waals surface area contributed by atoms with Gasteiger partial charge in [0.2, 0.25) is 5.78 Å². The quantitative estimate of drug-likeness (QED) is 0.187. The molecule has 4 rings (SSSR count). The van der Waals surface area contributed by atoms with Crippen molar-refractivity contribution in [3.63, 3.8) is 0 Å². The molecule has 190 valence electrons. The highest BCUT2D eigenvalue weighted by Crippen LogP contribution is 2.29. The summed E-state index contributed by atoms with van der Waals surface area (Å²) in [6.07, 6.45) is 5.54. The minimum atomic E-state index is -4.84. The number of nitrogens with one attached hydrogen (secondary N) is 2. The van der Waals surface area contributed by atoms with E-state index < -0.39 is 55.2 Å². The van der Waals surface area contributed by atoms with Crippen molar-refractivity contribution in [3.8, 4) is 0 Å². The lowest BCUT2D eigenvalue weighted by Crippen LogP contribution is -2.17. The number of sulfonamides is 1. The lowest BCUT2D eigenvalue weighted by Gasteiger charge is -2.12. The van der Waals surface area contributed by atoms with Crippen LogP contribution in [0.15, 0.2) is 64.8 Å². The Morgan fingerprint density at radius 3 is 2.57 bits per heavy atom. The molecule has 0 bridgehead atoms. The van der Waals surface area contributed by atoms with Crippen LogP contribution < -0.4 is 10.5 Å². The van der Waals surface area contributed by atoms with E-state index in [2.05, 4.69) is 15.0 Å². The van der Waals surface area contributed by atoms with Crippen LogP contribution in [0.4, 0.5) is 23.2 Å². The number of pyridine rings is 1. The lowest BCUT2D eigenvalue weighted by atomic mass is 10.0. The Kier molecular flexibility index (Phi) is 6.81. The summed E-state index contributed by atoms with van der Waals surface area (Å²) in [4.78, 5) is 22.8. The molecule has 4 N–H and O–H groups in total. The van der Waals surface area contributed by atoms with Gasteiger partial charge in [0.1, 0.15) is 28.0 Å². The SMILES string of the molecule is CN=C/C=C(\N)c1cnc2[nH]cc(C(=O)c3c(F)ccc(NS(=O)(=O)c4cc(F)ccc4F)c3F)c2c1. The highest BCUT2D eigenvalue weighted by Gasteiger charge is 2.27. The molecule has 8 nitrogen and oxygen atoms in total. The van der Waals surface area contributed by atoms with Gasteiger partial charge in [0.05, 0.1) is 11.3 Å². The molecular weight excluding hydrogens is 514 g/mol. The predicted octanol–water partition coefficient (Wildman–Crippen LogP) is 4.15. The molecule has 0 atom stereocenters. The molecule has 37 heavy (non-hydrogen) atoms. The van der Waals surface area contributed by atoms with Crippen LogP contribution in [0.3, 0.4) is 0 Å². The van der Waals surface area contributed by atoms with Crippen molar-refractivity contribution in [1.82, 2.24) is 9.97 Å². The number of benzene rings is 2. The standard InChI is InChI=1S/C24H17F4N5O3S/c1-30-7-6-18(29)12-8-14-15(11-32-24(14)31-10-12)23(34)21-17(27)4-5-19(22(21)28)33-37(35,36)20-9-13(25)2-3-16(20)26/h2-11,33H,29H2,1H3,(H,31,32)/b18-6-,30-7?. The molecule has 2 aromatic heterocycles. The molecule has 13 heteroatoms. The second-order valence-corrected chi connectivity index (χ2v) is 9.30. The maximum atomic E-state index is 15.3. The topological polar surface area (TPSA) is 130 Å². The van der Waals surface area contributed by atoms with Gasteiger partial charge >= 0.3 is 0 Å². The van der Waals surface area contributed by atoms with E-state index in [1.165, 1.54) is 30.8 Å². The zero-order valence-electron chi connectivity index (χ0n) is 18.9. The molecule has 0 saturated carbocycles. The number of H-pyrrole nitrogens is 1. The number of aliphatic imine (C=N–C) groups is 1. The Labute approximate surface area is 207 Å². The van der Waals surface area contributed by atoms with E-state index in [-0.39, 0.29) is 22.3 Å². The van der Waals surface area contributed by atoms with Gasteiger partial charge in [-0.1, -0.05) is 0 Å². The molecule has 0 unspecified atom stereocenters. The van der Waals surface area contributed by atoms with E-state index in [4.69, 9.17) is 5.73 Å². The van der Waals surface area contributed by atoms with Crippen LogP contribution in [-0.2, 0) is 10.0 Å². The van der Waals surface area contributed by atoms with Crippen LogP contribution in [0.2, 0.25) is 0 Å². The van der Waals surface area contributed by atoms with Crippen LogP contribution in [0.25, 0.3) is 16.7 Å². The summed E-state index contributed by atoms with van der Waals surface area (Å²) < 4.78 is 84.4. The second-order valence-electron chi connectivity index (χ2n) is 7.65. The first kappa shape index (κ1) is 25.6. The molecular formula is C24H17F4N5O3S. The Morgan fingerprint density at radius 1 is 1.11 bits per heavy atom. The summed E-state index contributed by atoms with van der Waals surface area (Å²) in [7, 11) is -3.30. The zero-order valence-corrected chi connectivity index (χ0v) is 19.7. The molecule has 0 aliphatic heterocycles. The highest BCUT2D eigenvalue weighted by atomic mass is 32.2. The number of hydrogen-bond donors (Lipinski definition) is 3. The molecule has 4 aromatic rings. The van der Waals surface area contributed by atoms with Crippen molar-refractivity contribution in [2.24, 2.45) is 10.7 Å². The molecule has 0 spiro atoms. The summed E-state index contributed by atoms with van der Waals surface area (Å²) in [6.45, 7) is 0. The number of fused-ring (bicyclic) bond motifs is 1. The van der Waals surface area contributed by atoms with Gasteiger partial charge in [-0.05, 0) is 42.5 Å². The number of allylic oxidation sites excluding steroid dienone is 1. The molecule has 0 amide bonds. The maximum absolute atomic E-state index is 15.3. The lowest BCUT2D eigenvalue weighted by molar-refractivity contribution is 0.103. The summed E-state index contributed by atoms with van der Waals surface area (Å²) in [5, 5.41) is 0.193. The van der Waals surface area contributed by atoms with Crippen molar-refractivity contribution in [2.75, 3.05) is 11.8 Å². The third kappa shape index (κ3) is 4.93. The Bertz CT molecular complexity index is 1720. The molecule has 0 aliphatic rings. The van der Waals surface area contributed by atoms with E-state index in [1.807, 2.05) is 0 Å². The fourth-order valence-corrected chi connectivity index (χ4v) is 4.61. The predicted molar refractivity (Wildman–Crippen MR) is 130 cm³/mol. The van der Waals surface area contributed by atoms with Gasteiger partial charge in [-0.3, -0.25) is 14.5 Å². The summed E-state index contributed by atoms with van der Waals surface area (Å²) >= 11 is 0. The van der Waals surface area contributed by atoms with Crippen molar-refractivity contribution in [1.29, 1.82) is 0 Å². The van der Waals surface area contributed by atoms with Crippen LogP contribution >= 0.6 is 0 Å². The first-order valence-corrected chi connectivity index (χ1v) is 11.9. The first-order valence-electron chi connectivity index (χ1n) is 10.4. The average Bonchev–Trinajstić information content (AvgIpc) is 3.29. The number of halogens is 4. The Balaban J connectivity index is 1.77. The fourth-order valence-electron chi connectivity index (χ4n) is 3.46. The number of nitrogens with two attached hydrogens (primary N) is 1. The Morgan fingerprint density at radius 2 is 1.84 bits per heavy atom. The summed E-state index contributed by atoms with van der Waals surface area (Å²) in [5.41, 5.74) is 4.77. The maximum Gasteiger partial charge on any atom is 0.265 e. The van der Waals surface area contributed by atoms with Crippen molar-refractivity contribution in [2.45, 2.75) is 4.90 Å². The van der Waals surface area contributed by atoms with Crippen LogP contribution in [0.1, 0.15) is 21.5 Å². The van der Waals surface area contributed by atoms with Crippen LogP contribution in [-0.4, -0.2) is 37.4 Å². The summed E-state index contributed by atoms with van der Waals surface area (Å²) in [6, 6.07) is 4.54. The number of hydrogen-bond acceptors (Lipinski definition) is 6. The van der Waals surface area contributed by atoms with Crippen molar-refractivity contribution >= 4 is 44.4 Å². The highest BCUT2D eigenvalue weighted by molar-refractivity contribution is 7.92. The fraction of sp³-hybridized carbons (Fsp3) is 0.0417. The summed E-state index contributed by atoms with van der Waals surface area (Å²) in [5.74, 6) is -6.31. The van der Waals surface area contributed by atoms with Crippen LogP contribution in [0.5, 0.6) is 0 Å². The van der Waals surface area contributed by atoms with Crippen molar-refractivity contribution in [3.05, 3.63) is 94.8 Å². The number of aromatic nitrogens is 2. The second kappa shape index (κ2) is 9.85. The minimum Gasteiger partial charge on any atom is -0.398 e. The monoisotopic (exact) mass is 531 g/mol. The molecule has 0 saturated heterocycles. The van der Waals surface area contributed by atoms with E-state index in [0.717, 1.165) is 0 Å². The number of ketones is 1. The zero-order chi connectivity index (χ0) is 26.9. The molecule has 0 fully saturated rings. The molecule has 0 radical (unpaired) electrons. The number of rotatable bonds is 7. The van der Waals surface area contributed by atoms with Gasteiger partial charge < -0.3 is 10.7 Å². The minimum absolute atomic E-state index is 0.171. The normalized spacial score (nSPS) is 12.4. The third-order valence-corrected chi connectivity index (χ3v) is 6.64. The van der Waals surface area contributed by atoms with Crippen molar-refractivity contribution < 1.29 is 30.8 Å². The number of carbonyl (C=O) groups is 1. The third-order valence-electron chi connectivity index (χ3n) is 5.26. The Hall–Kier alpha value is -4.52. The number of carbonyl (C=O) groups excluding carboxylic acids is 1. The van der Waals surface area contributed by atoms with Gasteiger partial charge in [-0.25, -0.2) is 31.0 Å². The van der Waals surface area contributed by atoms with Crippen LogP contribution in [0, 0.1) is 23.3 Å². The van der Waals surface area contributed by atoms with Gasteiger partial charge in [0.25, 0.3) is 10.0 Å². The largest absolute Gasteiger partial charge is 0.398 e. The molecule has 2 heterocycles. The number of aromatic amines is 1. The van der Waals surface area contributed by atoms with E-state index >= 15 is 4.39 Å². The van der Waals surface area contributed by atoms with Gasteiger partial charge in [0, 0.05) is 47.9 Å². The van der Waals surface area contributed by atoms with Gasteiger partial charge in [-0.2, -0.15) is 0 Å². The van der Waals surface area contributed by atoms with E-state index in [1.54, 1.807) is 11.8 Å². The average molecular weight is 531 g/mol. The van der Waals surface area contributed by atoms with E-state index in [9.17, 15) is 26.4 Å². The first-order chi connectivity index (χ1) is 17.5. The molecule has 2 aromatic carbocycles. The van der Waals surface area contributed by atoms with E-state index in [0.29, 0.717) is 35.9 Å². The number of anilines is 1.